The summed E-state index contributed by atoms with van der Waals surface area (Å²) in [6, 6.07) is 9.46. The van der Waals surface area contributed by atoms with Crippen molar-refractivity contribution in [1.29, 1.82) is 0 Å². The lowest BCUT2D eigenvalue weighted by molar-refractivity contribution is -0.139. The van der Waals surface area contributed by atoms with Crippen molar-refractivity contribution in [2.24, 2.45) is 0 Å². The third-order valence-electron chi connectivity index (χ3n) is 2.66. The molecule has 1 aliphatic rings. The molecular formula is C13H15NO2. The van der Waals surface area contributed by atoms with Crippen LogP contribution in [0.5, 0.6) is 0 Å². The molecule has 1 aromatic rings. The minimum absolute atomic E-state index is 0.171. The molecule has 2 atom stereocenters. The maximum Gasteiger partial charge on any atom is 0.276 e. The van der Waals surface area contributed by atoms with E-state index >= 15 is 0 Å². The van der Waals surface area contributed by atoms with E-state index in [9.17, 15) is 0 Å². The molecule has 3 heteroatoms. The molecule has 3 nitrogen and oxygen atoms in total. The van der Waals surface area contributed by atoms with E-state index in [2.05, 4.69) is 4.85 Å². The summed E-state index contributed by atoms with van der Waals surface area (Å²) < 4.78 is 11.2. The number of rotatable bonds is 2. The maximum atomic E-state index is 7.28. The number of nitrogens with zero attached hydrogens (tertiary/aromatic N) is 1. The molecule has 1 aromatic carbocycles. The van der Waals surface area contributed by atoms with Crippen molar-refractivity contribution >= 4 is 0 Å². The molecule has 0 amide bonds. The van der Waals surface area contributed by atoms with Gasteiger partial charge in [0.25, 0.3) is 6.04 Å². The summed E-state index contributed by atoms with van der Waals surface area (Å²) in [5.41, 5.74) is 0.990. The molecule has 0 radical (unpaired) electrons. The first kappa shape index (κ1) is 11.1. The standard InChI is InChI=1S/C13H15NO2/c1-13(2)15-9-11(16-13)12(14-3)10-7-5-4-6-8-10/h4-8,11-12H,9H2,1-2H3/t11-,12?/m0/s1. The summed E-state index contributed by atoms with van der Waals surface area (Å²) in [7, 11) is 0. The lowest BCUT2D eigenvalue weighted by atomic mass is 10.0. The number of hydrogen-bond donors (Lipinski definition) is 0. The molecule has 0 N–H and O–H groups in total. The van der Waals surface area contributed by atoms with Gasteiger partial charge in [-0.2, -0.15) is 0 Å². The Morgan fingerprint density at radius 2 is 2.06 bits per heavy atom. The Kier molecular flexibility index (Phi) is 2.95. The second kappa shape index (κ2) is 4.25. The van der Waals surface area contributed by atoms with Gasteiger partial charge in [-0.3, -0.25) is 0 Å². The number of ether oxygens (including phenoxy) is 2. The van der Waals surface area contributed by atoms with E-state index in [-0.39, 0.29) is 12.1 Å². The van der Waals surface area contributed by atoms with Crippen LogP contribution in [0.15, 0.2) is 30.3 Å². The van der Waals surface area contributed by atoms with Crippen LogP contribution in [0.25, 0.3) is 4.85 Å². The van der Waals surface area contributed by atoms with Gasteiger partial charge in [-0.1, -0.05) is 30.3 Å². The van der Waals surface area contributed by atoms with Crippen LogP contribution >= 0.6 is 0 Å². The van der Waals surface area contributed by atoms with Gasteiger partial charge < -0.3 is 14.3 Å². The minimum atomic E-state index is -0.567. The summed E-state index contributed by atoms with van der Waals surface area (Å²) in [6.07, 6.45) is -0.171. The molecule has 84 valence electrons. The van der Waals surface area contributed by atoms with Crippen molar-refractivity contribution in [1.82, 2.24) is 0 Å². The molecule has 1 aliphatic heterocycles. The average molecular weight is 217 g/mol. The fourth-order valence-electron chi connectivity index (χ4n) is 1.89. The van der Waals surface area contributed by atoms with Gasteiger partial charge in [-0.25, -0.2) is 6.57 Å². The van der Waals surface area contributed by atoms with Crippen molar-refractivity contribution < 1.29 is 9.47 Å². The predicted molar refractivity (Wildman–Crippen MR) is 60.7 cm³/mol. The van der Waals surface area contributed by atoms with E-state index in [4.69, 9.17) is 16.0 Å². The Balaban J connectivity index is 2.17. The normalized spacial score (nSPS) is 24.9. The highest BCUT2D eigenvalue weighted by Gasteiger charge is 2.41. The first-order valence-corrected chi connectivity index (χ1v) is 5.36. The van der Waals surface area contributed by atoms with Crippen LogP contribution in [0.2, 0.25) is 0 Å². The molecule has 0 bridgehead atoms. The van der Waals surface area contributed by atoms with Gasteiger partial charge in [0, 0.05) is 5.56 Å². The van der Waals surface area contributed by atoms with E-state index in [1.54, 1.807) is 0 Å². The third kappa shape index (κ3) is 2.24. The largest absolute Gasteiger partial charge is 0.347 e. The van der Waals surface area contributed by atoms with Gasteiger partial charge in [-0.05, 0) is 13.8 Å². The van der Waals surface area contributed by atoms with Crippen LogP contribution in [0, 0.1) is 6.57 Å². The smallest absolute Gasteiger partial charge is 0.276 e. The highest BCUT2D eigenvalue weighted by atomic mass is 16.7. The summed E-state index contributed by atoms with van der Waals surface area (Å²) in [6.45, 7) is 11.5. The van der Waals surface area contributed by atoms with Gasteiger partial charge in [0.2, 0.25) is 0 Å². The molecule has 1 fully saturated rings. The van der Waals surface area contributed by atoms with Gasteiger partial charge in [0.05, 0.1) is 6.61 Å². The zero-order valence-electron chi connectivity index (χ0n) is 9.51. The molecule has 16 heavy (non-hydrogen) atoms. The SMILES string of the molecule is [C-]#[N+]C(c1ccccc1)[C@@H]1COC(C)(C)O1. The van der Waals surface area contributed by atoms with Crippen LogP contribution in [-0.2, 0) is 9.47 Å². The number of benzene rings is 1. The monoisotopic (exact) mass is 217 g/mol. The molecule has 0 spiro atoms. The van der Waals surface area contributed by atoms with E-state index in [0.717, 1.165) is 5.56 Å². The number of hydrogen-bond acceptors (Lipinski definition) is 2. The molecular weight excluding hydrogens is 202 g/mol. The third-order valence-corrected chi connectivity index (χ3v) is 2.66. The minimum Gasteiger partial charge on any atom is -0.347 e. The van der Waals surface area contributed by atoms with E-state index in [1.807, 2.05) is 44.2 Å². The predicted octanol–water partition coefficient (Wildman–Crippen LogP) is 2.80. The quantitative estimate of drug-likeness (QED) is 0.711. The Morgan fingerprint density at radius 3 is 2.56 bits per heavy atom. The van der Waals surface area contributed by atoms with E-state index in [1.165, 1.54) is 0 Å². The molecule has 0 aromatic heterocycles. The Hall–Kier alpha value is -1.37. The highest BCUT2D eigenvalue weighted by molar-refractivity contribution is 5.23. The second-order valence-corrected chi connectivity index (χ2v) is 4.35. The van der Waals surface area contributed by atoms with Crippen LogP contribution < -0.4 is 0 Å². The van der Waals surface area contributed by atoms with Crippen LogP contribution in [0.4, 0.5) is 0 Å². The lowest BCUT2D eigenvalue weighted by Gasteiger charge is -2.17. The van der Waals surface area contributed by atoms with Crippen molar-refractivity contribution in [3.8, 4) is 0 Å². The Morgan fingerprint density at radius 1 is 1.38 bits per heavy atom. The van der Waals surface area contributed by atoms with Gasteiger partial charge in [0.15, 0.2) is 11.9 Å². The van der Waals surface area contributed by atoms with Gasteiger partial charge >= 0.3 is 0 Å². The van der Waals surface area contributed by atoms with E-state index < -0.39 is 5.79 Å². The fraction of sp³-hybridized carbons (Fsp3) is 0.462. The summed E-state index contributed by atoms with van der Waals surface area (Å²) in [5, 5.41) is 0. The molecule has 2 rings (SSSR count). The molecule has 1 heterocycles. The highest BCUT2D eigenvalue weighted by Crippen LogP contribution is 2.32. The van der Waals surface area contributed by atoms with Crippen molar-refractivity contribution in [3.05, 3.63) is 47.3 Å². The van der Waals surface area contributed by atoms with Gasteiger partial charge in [0.1, 0.15) is 0 Å². The van der Waals surface area contributed by atoms with Crippen LogP contribution in [0.3, 0.4) is 0 Å². The summed E-state index contributed by atoms with van der Waals surface area (Å²) in [5.74, 6) is -0.567. The molecule has 1 unspecified atom stereocenters. The first-order valence-electron chi connectivity index (χ1n) is 5.36. The summed E-state index contributed by atoms with van der Waals surface area (Å²) >= 11 is 0. The van der Waals surface area contributed by atoms with Crippen LogP contribution in [0.1, 0.15) is 25.5 Å². The zero-order valence-corrected chi connectivity index (χ0v) is 9.51. The zero-order chi connectivity index (χ0) is 11.6. The fourth-order valence-corrected chi connectivity index (χ4v) is 1.89. The van der Waals surface area contributed by atoms with Gasteiger partial charge in [-0.15, -0.1) is 0 Å². The maximum absolute atomic E-state index is 7.28. The molecule has 0 saturated carbocycles. The van der Waals surface area contributed by atoms with Crippen LogP contribution in [-0.4, -0.2) is 18.5 Å². The topological polar surface area (TPSA) is 22.8 Å². The lowest BCUT2D eigenvalue weighted by Crippen LogP contribution is -2.24. The molecule has 0 aliphatic carbocycles. The van der Waals surface area contributed by atoms with E-state index in [0.29, 0.717) is 6.61 Å². The Bertz CT molecular complexity index is 394. The summed E-state index contributed by atoms with van der Waals surface area (Å²) in [4.78, 5) is 3.65. The van der Waals surface area contributed by atoms with Crippen molar-refractivity contribution in [2.75, 3.05) is 6.61 Å². The average Bonchev–Trinajstić information content (AvgIpc) is 2.62. The Labute approximate surface area is 95.8 Å². The van der Waals surface area contributed by atoms with Crippen molar-refractivity contribution in [3.63, 3.8) is 0 Å². The molecule has 1 saturated heterocycles. The first-order chi connectivity index (χ1) is 7.62. The second-order valence-electron chi connectivity index (χ2n) is 4.35. The van der Waals surface area contributed by atoms with Crippen molar-refractivity contribution in [2.45, 2.75) is 31.8 Å².